The minimum absolute atomic E-state index is 0.137. The van der Waals surface area contributed by atoms with Crippen LogP contribution in [0.3, 0.4) is 0 Å². The molecule has 0 aliphatic heterocycles. The predicted molar refractivity (Wildman–Crippen MR) is 78.4 cm³/mol. The fourth-order valence-corrected chi connectivity index (χ4v) is 2.12. The Kier molecular flexibility index (Phi) is 4.31. The van der Waals surface area contributed by atoms with Gasteiger partial charge in [0.25, 0.3) is 0 Å². The van der Waals surface area contributed by atoms with E-state index in [1.165, 1.54) is 6.07 Å². The number of nitrogen functional groups attached to an aromatic ring is 1. The van der Waals surface area contributed by atoms with Gasteiger partial charge in [0.15, 0.2) is 11.6 Å². The molecule has 7 heteroatoms. The number of halogens is 4. The first-order chi connectivity index (χ1) is 10.6. The topological polar surface area (TPSA) is 59.1 Å². The van der Waals surface area contributed by atoms with Gasteiger partial charge in [-0.25, -0.2) is 4.39 Å². The largest absolute Gasteiger partial charge is 0.454 e. The SMILES string of the molecule is Cc1cc(C(=N)N)c(C)cc1Oc1cccc(C(F)(F)F)c1F. The Bertz CT molecular complexity index is 769. The van der Waals surface area contributed by atoms with Crippen LogP contribution in [0.25, 0.3) is 0 Å². The summed E-state index contributed by atoms with van der Waals surface area (Å²) in [7, 11) is 0. The summed E-state index contributed by atoms with van der Waals surface area (Å²) in [6.45, 7) is 3.30. The molecule has 0 atom stereocenters. The van der Waals surface area contributed by atoms with Crippen LogP contribution in [0.5, 0.6) is 11.5 Å². The van der Waals surface area contributed by atoms with Crippen LogP contribution in [0.15, 0.2) is 30.3 Å². The van der Waals surface area contributed by atoms with E-state index in [0.717, 1.165) is 12.1 Å². The van der Waals surface area contributed by atoms with Crippen molar-refractivity contribution < 1.29 is 22.3 Å². The summed E-state index contributed by atoms with van der Waals surface area (Å²) in [6, 6.07) is 5.93. The van der Waals surface area contributed by atoms with Gasteiger partial charge in [-0.1, -0.05) is 6.07 Å². The van der Waals surface area contributed by atoms with E-state index in [9.17, 15) is 17.6 Å². The second kappa shape index (κ2) is 5.91. The van der Waals surface area contributed by atoms with E-state index in [1.807, 2.05) is 0 Å². The third-order valence-corrected chi connectivity index (χ3v) is 3.30. The van der Waals surface area contributed by atoms with Gasteiger partial charge >= 0.3 is 6.18 Å². The molecular formula is C16H14F4N2O. The Morgan fingerprint density at radius 1 is 1.09 bits per heavy atom. The lowest BCUT2D eigenvalue weighted by Crippen LogP contribution is -2.13. The summed E-state index contributed by atoms with van der Waals surface area (Å²) < 4.78 is 57.5. The van der Waals surface area contributed by atoms with E-state index < -0.39 is 23.3 Å². The van der Waals surface area contributed by atoms with Gasteiger partial charge < -0.3 is 10.5 Å². The number of amidine groups is 1. The van der Waals surface area contributed by atoms with Gasteiger partial charge in [0, 0.05) is 5.56 Å². The van der Waals surface area contributed by atoms with E-state index in [1.54, 1.807) is 19.9 Å². The number of nitrogens with two attached hydrogens (primary N) is 1. The lowest BCUT2D eigenvalue weighted by atomic mass is 10.0. The molecule has 0 saturated carbocycles. The summed E-state index contributed by atoms with van der Waals surface area (Å²) in [5.41, 5.74) is 5.66. The lowest BCUT2D eigenvalue weighted by molar-refractivity contribution is -0.140. The molecule has 2 aromatic carbocycles. The Morgan fingerprint density at radius 2 is 1.74 bits per heavy atom. The summed E-state index contributed by atoms with van der Waals surface area (Å²) >= 11 is 0. The van der Waals surface area contributed by atoms with Crippen molar-refractivity contribution >= 4 is 5.84 Å². The Balaban J connectivity index is 2.45. The first-order valence-corrected chi connectivity index (χ1v) is 6.60. The number of nitrogens with one attached hydrogen (secondary N) is 1. The van der Waals surface area contributed by atoms with Crippen molar-refractivity contribution in [3.63, 3.8) is 0 Å². The molecule has 3 nitrogen and oxygen atoms in total. The zero-order valence-corrected chi connectivity index (χ0v) is 12.4. The van der Waals surface area contributed by atoms with Crippen LogP contribution in [0.4, 0.5) is 17.6 Å². The summed E-state index contributed by atoms with van der Waals surface area (Å²) in [6.07, 6.45) is -4.80. The fraction of sp³-hybridized carbons (Fsp3) is 0.188. The zero-order chi connectivity index (χ0) is 17.4. The number of benzene rings is 2. The van der Waals surface area contributed by atoms with Crippen LogP contribution >= 0.6 is 0 Å². The van der Waals surface area contributed by atoms with Gasteiger partial charge in [0.2, 0.25) is 0 Å². The van der Waals surface area contributed by atoms with E-state index >= 15 is 0 Å². The molecule has 2 rings (SSSR count). The molecule has 0 aromatic heterocycles. The maximum absolute atomic E-state index is 14.0. The number of alkyl halides is 3. The van der Waals surface area contributed by atoms with Crippen molar-refractivity contribution in [1.29, 1.82) is 5.41 Å². The fourth-order valence-electron chi connectivity index (χ4n) is 2.12. The number of hydrogen-bond donors (Lipinski definition) is 2. The van der Waals surface area contributed by atoms with Gasteiger partial charge in [-0.3, -0.25) is 5.41 Å². The molecule has 0 aliphatic rings. The van der Waals surface area contributed by atoms with Crippen LogP contribution in [0.1, 0.15) is 22.3 Å². The molecule has 0 saturated heterocycles. The van der Waals surface area contributed by atoms with E-state index in [0.29, 0.717) is 22.8 Å². The van der Waals surface area contributed by atoms with Crippen LogP contribution in [0.2, 0.25) is 0 Å². The summed E-state index contributed by atoms with van der Waals surface area (Å²) in [4.78, 5) is 0. The highest BCUT2D eigenvalue weighted by molar-refractivity contribution is 5.96. The number of rotatable bonds is 3. The molecule has 2 aromatic rings. The van der Waals surface area contributed by atoms with Crippen molar-refractivity contribution in [2.75, 3.05) is 0 Å². The highest BCUT2D eigenvalue weighted by Crippen LogP contribution is 2.37. The maximum atomic E-state index is 14.0. The molecule has 0 heterocycles. The predicted octanol–water partition coefficient (Wildman–Crippen LogP) is 4.54. The van der Waals surface area contributed by atoms with Crippen molar-refractivity contribution in [1.82, 2.24) is 0 Å². The zero-order valence-electron chi connectivity index (χ0n) is 12.4. The van der Waals surface area contributed by atoms with Crippen LogP contribution in [0, 0.1) is 25.1 Å². The smallest absolute Gasteiger partial charge is 0.419 e. The minimum atomic E-state index is -4.80. The number of hydrogen-bond acceptors (Lipinski definition) is 2. The Labute approximate surface area is 130 Å². The van der Waals surface area contributed by atoms with E-state index in [-0.39, 0.29) is 11.6 Å². The van der Waals surface area contributed by atoms with Gasteiger partial charge in [0.1, 0.15) is 11.6 Å². The Morgan fingerprint density at radius 3 is 2.30 bits per heavy atom. The maximum Gasteiger partial charge on any atom is 0.419 e. The van der Waals surface area contributed by atoms with Crippen LogP contribution < -0.4 is 10.5 Å². The van der Waals surface area contributed by atoms with Gasteiger partial charge in [-0.05, 0) is 49.2 Å². The van der Waals surface area contributed by atoms with Crippen LogP contribution in [-0.4, -0.2) is 5.84 Å². The van der Waals surface area contributed by atoms with E-state index in [4.69, 9.17) is 15.9 Å². The molecule has 122 valence electrons. The van der Waals surface area contributed by atoms with Crippen molar-refractivity contribution in [2.24, 2.45) is 5.73 Å². The van der Waals surface area contributed by atoms with Gasteiger partial charge in [-0.15, -0.1) is 0 Å². The van der Waals surface area contributed by atoms with E-state index in [2.05, 4.69) is 0 Å². The molecule has 0 fully saturated rings. The quantitative estimate of drug-likeness (QED) is 0.494. The lowest BCUT2D eigenvalue weighted by Gasteiger charge is -2.15. The van der Waals surface area contributed by atoms with Crippen molar-refractivity contribution in [3.8, 4) is 11.5 Å². The van der Waals surface area contributed by atoms with Crippen molar-refractivity contribution in [2.45, 2.75) is 20.0 Å². The van der Waals surface area contributed by atoms with Gasteiger partial charge in [-0.2, -0.15) is 13.2 Å². The van der Waals surface area contributed by atoms with Crippen LogP contribution in [-0.2, 0) is 6.18 Å². The molecule has 0 aliphatic carbocycles. The Hall–Kier alpha value is -2.57. The molecule has 0 unspecified atom stereocenters. The molecule has 0 radical (unpaired) electrons. The highest BCUT2D eigenvalue weighted by Gasteiger charge is 2.35. The summed E-state index contributed by atoms with van der Waals surface area (Å²) in [5, 5.41) is 7.45. The number of aryl methyl sites for hydroxylation is 2. The normalized spacial score (nSPS) is 11.4. The monoisotopic (exact) mass is 326 g/mol. The molecule has 23 heavy (non-hydrogen) atoms. The second-order valence-corrected chi connectivity index (χ2v) is 5.06. The molecule has 3 N–H and O–H groups in total. The second-order valence-electron chi connectivity index (χ2n) is 5.06. The molecular weight excluding hydrogens is 312 g/mol. The third-order valence-electron chi connectivity index (χ3n) is 3.30. The molecule has 0 spiro atoms. The first kappa shape index (κ1) is 16.8. The van der Waals surface area contributed by atoms with Gasteiger partial charge in [0.05, 0.1) is 5.56 Å². The van der Waals surface area contributed by atoms with Crippen molar-refractivity contribution in [3.05, 3.63) is 58.4 Å². The average Bonchev–Trinajstić information content (AvgIpc) is 2.43. The third kappa shape index (κ3) is 3.44. The minimum Gasteiger partial charge on any atom is -0.454 e. The standard InChI is InChI=1S/C16H14F4N2O/c1-8-7-13(9(2)6-10(8)15(21)22)23-12-5-3-4-11(14(12)17)16(18,19)20/h3-7H,1-2H3,(H3,21,22). The number of ether oxygens (including phenoxy) is 1. The summed E-state index contributed by atoms with van der Waals surface area (Å²) in [5.74, 6) is -1.92. The molecule has 0 amide bonds. The molecule has 0 bridgehead atoms. The first-order valence-electron chi connectivity index (χ1n) is 6.60. The highest BCUT2D eigenvalue weighted by atomic mass is 19.4. The average molecular weight is 326 g/mol.